The Balaban J connectivity index is 2.21. The van der Waals surface area contributed by atoms with Gasteiger partial charge >= 0.3 is 0 Å². The van der Waals surface area contributed by atoms with Gasteiger partial charge in [0.2, 0.25) is 0 Å². The maximum atomic E-state index is 12.7. The van der Waals surface area contributed by atoms with E-state index in [2.05, 4.69) is 0 Å². The Labute approximate surface area is 119 Å². The lowest BCUT2D eigenvalue weighted by molar-refractivity contribution is 0.0738. The van der Waals surface area contributed by atoms with Gasteiger partial charge in [-0.2, -0.15) is 0 Å². The molecule has 0 aromatic heterocycles. The number of carbonyl (C=O) groups excluding carboxylic acids is 1. The average molecular weight is 278 g/mol. The molecular formula is C15H22N2O3. The molecule has 0 unspecified atom stereocenters. The highest BCUT2D eigenvalue weighted by Crippen LogP contribution is 2.31. The second kappa shape index (κ2) is 6.61. The first-order valence-corrected chi connectivity index (χ1v) is 6.94. The molecule has 0 aliphatic heterocycles. The summed E-state index contributed by atoms with van der Waals surface area (Å²) in [6.45, 7) is 1.30. The third-order valence-electron chi connectivity index (χ3n) is 3.49. The molecule has 0 saturated heterocycles. The Kier molecular flexibility index (Phi) is 4.84. The second-order valence-corrected chi connectivity index (χ2v) is 4.94. The number of methoxy groups -OCH3 is 2. The lowest BCUT2D eigenvalue weighted by Gasteiger charge is -2.23. The summed E-state index contributed by atoms with van der Waals surface area (Å²) in [5.74, 6) is 1.24. The van der Waals surface area contributed by atoms with E-state index in [4.69, 9.17) is 15.2 Å². The first-order chi connectivity index (χ1) is 9.71. The van der Waals surface area contributed by atoms with Crippen LogP contribution in [0.4, 0.5) is 0 Å². The van der Waals surface area contributed by atoms with Gasteiger partial charge in [0.05, 0.1) is 19.8 Å². The highest BCUT2D eigenvalue weighted by molar-refractivity contribution is 5.97. The summed E-state index contributed by atoms with van der Waals surface area (Å²) in [6, 6.07) is 5.64. The molecule has 1 aliphatic carbocycles. The summed E-state index contributed by atoms with van der Waals surface area (Å²) in [6.07, 6.45) is 2.98. The van der Waals surface area contributed by atoms with Crippen molar-refractivity contribution in [3.8, 4) is 11.5 Å². The van der Waals surface area contributed by atoms with E-state index in [1.165, 1.54) is 0 Å². The molecule has 1 fully saturated rings. The highest BCUT2D eigenvalue weighted by Gasteiger charge is 2.33. The lowest BCUT2D eigenvalue weighted by Crippen LogP contribution is -2.35. The van der Waals surface area contributed by atoms with Crippen LogP contribution in [0.2, 0.25) is 0 Å². The number of nitrogens with zero attached hydrogens (tertiary/aromatic N) is 1. The van der Waals surface area contributed by atoms with Crippen molar-refractivity contribution in [1.82, 2.24) is 4.90 Å². The van der Waals surface area contributed by atoms with Crippen molar-refractivity contribution in [3.05, 3.63) is 23.8 Å². The van der Waals surface area contributed by atoms with Gasteiger partial charge in [-0.25, -0.2) is 0 Å². The van der Waals surface area contributed by atoms with Crippen LogP contribution in [0.1, 0.15) is 29.6 Å². The lowest BCUT2D eigenvalue weighted by atomic mass is 10.1. The smallest absolute Gasteiger partial charge is 0.257 e. The maximum Gasteiger partial charge on any atom is 0.257 e. The minimum atomic E-state index is 0.0143. The number of carbonyl (C=O) groups is 1. The van der Waals surface area contributed by atoms with Gasteiger partial charge in [-0.15, -0.1) is 0 Å². The Bertz CT molecular complexity index is 472. The van der Waals surface area contributed by atoms with Crippen molar-refractivity contribution in [2.45, 2.75) is 25.3 Å². The minimum absolute atomic E-state index is 0.0143. The van der Waals surface area contributed by atoms with Crippen LogP contribution in [0, 0.1) is 0 Å². The normalized spacial score (nSPS) is 13.9. The molecule has 0 heterocycles. The number of ether oxygens (including phenoxy) is 2. The molecule has 20 heavy (non-hydrogen) atoms. The molecule has 110 valence electrons. The molecule has 0 atom stereocenters. The molecule has 1 aromatic carbocycles. The van der Waals surface area contributed by atoms with Crippen molar-refractivity contribution in [2.75, 3.05) is 27.3 Å². The zero-order valence-electron chi connectivity index (χ0n) is 12.1. The molecule has 0 bridgehead atoms. The predicted molar refractivity (Wildman–Crippen MR) is 77.3 cm³/mol. The number of amides is 1. The van der Waals surface area contributed by atoms with Crippen LogP contribution >= 0.6 is 0 Å². The molecule has 2 rings (SSSR count). The number of hydrogen-bond donors (Lipinski definition) is 1. The van der Waals surface area contributed by atoms with Crippen LogP contribution in [0.25, 0.3) is 0 Å². The van der Waals surface area contributed by atoms with E-state index < -0.39 is 0 Å². The third kappa shape index (κ3) is 3.22. The maximum absolute atomic E-state index is 12.7. The molecule has 0 spiro atoms. The van der Waals surface area contributed by atoms with Crippen molar-refractivity contribution in [1.29, 1.82) is 0 Å². The van der Waals surface area contributed by atoms with Crippen LogP contribution in [-0.2, 0) is 0 Å². The second-order valence-electron chi connectivity index (χ2n) is 4.94. The standard InChI is InChI=1S/C15H22N2O3/c1-19-12-6-7-13(14(10-12)20-2)15(18)17(9-3-8-16)11-4-5-11/h6-7,10-11H,3-5,8-9,16H2,1-2H3. The van der Waals surface area contributed by atoms with E-state index in [1.807, 2.05) is 4.90 Å². The van der Waals surface area contributed by atoms with Crippen LogP contribution in [0.5, 0.6) is 11.5 Å². The molecule has 5 heteroatoms. The Hall–Kier alpha value is -1.75. The highest BCUT2D eigenvalue weighted by atomic mass is 16.5. The third-order valence-corrected chi connectivity index (χ3v) is 3.49. The van der Waals surface area contributed by atoms with E-state index >= 15 is 0 Å². The summed E-state index contributed by atoms with van der Waals surface area (Å²) in [4.78, 5) is 14.6. The first-order valence-electron chi connectivity index (χ1n) is 6.94. The molecule has 1 aromatic rings. The fraction of sp³-hybridized carbons (Fsp3) is 0.533. The van der Waals surface area contributed by atoms with Crippen molar-refractivity contribution < 1.29 is 14.3 Å². The molecule has 1 saturated carbocycles. The van der Waals surface area contributed by atoms with E-state index in [1.54, 1.807) is 32.4 Å². The quantitative estimate of drug-likeness (QED) is 0.824. The molecule has 1 amide bonds. The van der Waals surface area contributed by atoms with E-state index in [0.29, 0.717) is 36.2 Å². The molecule has 2 N–H and O–H groups in total. The molecule has 0 radical (unpaired) electrons. The molecule has 1 aliphatic rings. The predicted octanol–water partition coefficient (Wildman–Crippen LogP) is 1.66. The monoisotopic (exact) mass is 278 g/mol. The largest absolute Gasteiger partial charge is 0.497 e. The summed E-state index contributed by atoms with van der Waals surface area (Å²) in [5.41, 5.74) is 6.13. The number of benzene rings is 1. The Morgan fingerprint density at radius 1 is 1.35 bits per heavy atom. The zero-order valence-corrected chi connectivity index (χ0v) is 12.1. The topological polar surface area (TPSA) is 64.8 Å². The van der Waals surface area contributed by atoms with Gasteiger partial charge < -0.3 is 20.1 Å². The molecule has 5 nitrogen and oxygen atoms in total. The van der Waals surface area contributed by atoms with Gasteiger partial charge in [0.1, 0.15) is 11.5 Å². The van der Waals surface area contributed by atoms with Gasteiger partial charge in [0.15, 0.2) is 0 Å². The van der Waals surface area contributed by atoms with E-state index in [-0.39, 0.29) is 5.91 Å². The van der Waals surface area contributed by atoms with Gasteiger partial charge in [0.25, 0.3) is 5.91 Å². The van der Waals surface area contributed by atoms with Gasteiger partial charge in [-0.1, -0.05) is 0 Å². The zero-order chi connectivity index (χ0) is 14.5. The summed E-state index contributed by atoms with van der Waals surface area (Å²) >= 11 is 0. The number of rotatable bonds is 7. The summed E-state index contributed by atoms with van der Waals surface area (Å²) < 4.78 is 10.5. The number of nitrogens with two attached hydrogens (primary N) is 1. The average Bonchev–Trinajstić information content (AvgIpc) is 3.31. The van der Waals surface area contributed by atoms with Gasteiger partial charge in [0, 0.05) is 18.7 Å². The Morgan fingerprint density at radius 2 is 2.10 bits per heavy atom. The summed E-state index contributed by atoms with van der Waals surface area (Å²) in [7, 11) is 3.15. The van der Waals surface area contributed by atoms with Gasteiger partial charge in [-0.3, -0.25) is 4.79 Å². The van der Waals surface area contributed by atoms with Crippen LogP contribution in [-0.4, -0.2) is 44.2 Å². The van der Waals surface area contributed by atoms with Crippen molar-refractivity contribution >= 4 is 5.91 Å². The minimum Gasteiger partial charge on any atom is -0.497 e. The van der Waals surface area contributed by atoms with E-state index in [9.17, 15) is 4.79 Å². The van der Waals surface area contributed by atoms with E-state index in [0.717, 1.165) is 19.3 Å². The molecular weight excluding hydrogens is 256 g/mol. The fourth-order valence-electron chi connectivity index (χ4n) is 2.23. The SMILES string of the molecule is COc1ccc(C(=O)N(CCCN)C2CC2)c(OC)c1. The number of hydrogen-bond acceptors (Lipinski definition) is 4. The van der Waals surface area contributed by atoms with Crippen LogP contribution in [0.15, 0.2) is 18.2 Å². The van der Waals surface area contributed by atoms with Crippen LogP contribution < -0.4 is 15.2 Å². The van der Waals surface area contributed by atoms with Crippen molar-refractivity contribution in [2.24, 2.45) is 5.73 Å². The first kappa shape index (κ1) is 14.7. The Morgan fingerprint density at radius 3 is 2.65 bits per heavy atom. The fourth-order valence-corrected chi connectivity index (χ4v) is 2.23. The van der Waals surface area contributed by atoms with Crippen molar-refractivity contribution in [3.63, 3.8) is 0 Å². The van der Waals surface area contributed by atoms with Crippen LogP contribution in [0.3, 0.4) is 0 Å². The summed E-state index contributed by atoms with van der Waals surface area (Å²) in [5, 5.41) is 0. The van der Waals surface area contributed by atoms with Gasteiger partial charge in [-0.05, 0) is 37.9 Å².